The van der Waals surface area contributed by atoms with Crippen molar-refractivity contribution >= 4 is 50.3 Å². The Hall–Kier alpha value is -2.97. The lowest BCUT2D eigenvalue weighted by atomic mass is 9.98. The van der Waals surface area contributed by atoms with Gasteiger partial charge < -0.3 is 9.47 Å². The summed E-state index contributed by atoms with van der Waals surface area (Å²) in [5.74, 6) is 0.597. The standard InChI is InChI=1S/C23H17BrN2O4S/c1-23(2)11-10-14-16(29-3)9-8-15(18(14)30-23)17-19(24)31-22(25-17)26-20(27)12-6-4-5-7-13(12)21(26)28/h4-11H,1-3H3. The van der Waals surface area contributed by atoms with Crippen LogP contribution in [0.5, 0.6) is 11.5 Å². The molecule has 1 aromatic heterocycles. The molecule has 0 N–H and O–H groups in total. The maximum Gasteiger partial charge on any atom is 0.268 e. The predicted molar refractivity (Wildman–Crippen MR) is 123 cm³/mol. The van der Waals surface area contributed by atoms with Gasteiger partial charge in [0.2, 0.25) is 5.13 Å². The third kappa shape index (κ3) is 3.09. The Balaban J connectivity index is 1.62. The number of thiazole rings is 1. The van der Waals surface area contributed by atoms with E-state index in [-0.39, 0.29) is 11.8 Å². The molecule has 2 aliphatic heterocycles. The quantitative estimate of drug-likeness (QED) is 0.443. The highest BCUT2D eigenvalue weighted by Gasteiger charge is 2.39. The fraction of sp³-hybridized carbons (Fsp3) is 0.174. The molecule has 0 saturated heterocycles. The summed E-state index contributed by atoms with van der Waals surface area (Å²) in [6, 6.07) is 10.5. The fourth-order valence-electron chi connectivity index (χ4n) is 3.71. The number of anilines is 1. The molecule has 156 valence electrons. The zero-order valence-corrected chi connectivity index (χ0v) is 19.3. The van der Waals surface area contributed by atoms with Crippen LogP contribution >= 0.6 is 27.3 Å². The Morgan fingerprint density at radius 2 is 1.74 bits per heavy atom. The molecule has 0 fully saturated rings. The molecule has 0 radical (unpaired) electrons. The Kier molecular flexibility index (Phi) is 4.53. The molecule has 5 rings (SSSR count). The predicted octanol–water partition coefficient (Wildman–Crippen LogP) is 5.57. The summed E-state index contributed by atoms with van der Waals surface area (Å²) < 4.78 is 12.5. The van der Waals surface area contributed by atoms with Gasteiger partial charge in [-0.3, -0.25) is 9.59 Å². The number of nitrogens with zero attached hydrogens (tertiary/aromatic N) is 2. The van der Waals surface area contributed by atoms with Crippen LogP contribution in [-0.2, 0) is 0 Å². The summed E-state index contributed by atoms with van der Waals surface area (Å²) in [4.78, 5) is 31.5. The van der Waals surface area contributed by atoms with Crippen molar-refractivity contribution in [1.29, 1.82) is 0 Å². The minimum Gasteiger partial charge on any atom is -0.496 e. The molecule has 2 amide bonds. The summed E-state index contributed by atoms with van der Waals surface area (Å²) in [7, 11) is 1.61. The average molecular weight is 497 g/mol. The Labute approximate surface area is 191 Å². The average Bonchev–Trinajstić information content (AvgIpc) is 3.24. The van der Waals surface area contributed by atoms with Crippen LogP contribution in [-0.4, -0.2) is 29.5 Å². The van der Waals surface area contributed by atoms with Gasteiger partial charge >= 0.3 is 0 Å². The van der Waals surface area contributed by atoms with Crippen LogP contribution in [0.3, 0.4) is 0 Å². The Morgan fingerprint density at radius 3 is 2.39 bits per heavy atom. The van der Waals surface area contributed by atoms with Crippen LogP contribution in [0, 0.1) is 0 Å². The largest absolute Gasteiger partial charge is 0.496 e. The third-order valence-corrected chi connectivity index (χ3v) is 6.90. The Bertz CT molecular complexity index is 1260. The topological polar surface area (TPSA) is 68.7 Å². The van der Waals surface area contributed by atoms with Gasteiger partial charge in [0, 0.05) is 5.56 Å². The van der Waals surface area contributed by atoms with Gasteiger partial charge in [0.1, 0.15) is 22.8 Å². The van der Waals surface area contributed by atoms with Gasteiger partial charge in [-0.15, -0.1) is 0 Å². The number of rotatable bonds is 3. The summed E-state index contributed by atoms with van der Waals surface area (Å²) in [6.07, 6.45) is 3.95. The van der Waals surface area contributed by atoms with Gasteiger partial charge in [-0.05, 0) is 66.2 Å². The highest BCUT2D eigenvalue weighted by molar-refractivity contribution is 9.11. The molecule has 6 nitrogen and oxygen atoms in total. The second-order valence-corrected chi connectivity index (χ2v) is 10.0. The first-order valence-corrected chi connectivity index (χ1v) is 11.2. The highest BCUT2D eigenvalue weighted by Crippen LogP contribution is 2.48. The number of benzene rings is 2. The molecule has 0 bridgehead atoms. The van der Waals surface area contributed by atoms with E-state index in [1.54, 1.807) is 31.4 Å². The first-order chi connectivity index (χ1) is 14.8. The van der Waals surface area contributed by atoms with Gasteiger partial charge in [-0.2, -0.15) is 0 Å². The number of aromatic nitrogens is 1. The SMILES string of the molecule is COc1ccc(-c2nc(N3C(=O)c4ccccc4C3=O)sc2Br)c2c1C=CC(C)(C)O2. The van der Waals surface area contributed by atoms with Crippen molar-refractivity contribution in [2.75, 3.05) is 12.0 Å². The maximum atomic E-state index is 12.9. The number of fused-ring (bicyclic) bond motifs is 2. The number of hydrogen-bond acceptors (Lipinski definition) is 6. The van der Waals surface area contributed by atoms with Crippen LogP contribution in [0.2, 0.25) is 0 Å². The van der Waals surface area contributed by atoms with E-state index in [4.69, 9.17) is 9.47 Å². The second kappa shape index (κ2) is 7.03. The number of imide groups is 1. The number of ether oxygens (including phenoxy) is 2. The van der Waals surface area contributed by atoms with Crippen molar-refractivity contribution in [2.24, 2.45) is 0 Å². The van der Waals surface area contributed by atoms with Crippen LogP contribution in [0.1, 0.15) is 40.1 Å². The monoisotopic (exact) mass is 496 g/mol. The van der Waals surface area contributed by atoms with E-state index in [9.17, 15) is 9.59 Å². The van der Waals surface area contributed by atoms with Crippen LogP contribution in [0.25, 0.3) is 17.3 Å². The van der Waals surface area contributed by atoms with Crippen molar-refractivity contribution in [3.05, 3.63) is 63.0 Å². The molecule has 3 heterocycles. The van der Waals surface area contributed by atoms with Gasteiger partial charge in [0.25, 0.3) is 11.8 Å². The second-order valence-electron chi connectivity index (χ2n) is 7.71. The molecule has 0 aliphatic carbocycles. The number of amides is 2. The van der Waals surface area contributed by atoms with Gasteiger partial charge in [0.05, 0.1) is 27.6 Å². The van der Waals surface area contributed by atoms with Crippen LogP contribution in [0.4, 0.5) is 5.13 Å². The lowest BCUT2D eigenvalue weighted by Gasteiger charge is -2.30. The molecule has 0 unspecified atom stereocenters. The zero-order valence-electron chi connectivity index (χ0n) is 16.9. The molecule has 0 spiro atoms. The molecule has 31 heavy (non-hydrogen) atoms. The molecular formula is C23H17BrN2O4S. The van der Waals surface area contributed by atoms with E-state index < -0.39 is 5.60 Å². The van der Waals surface area contributed by atoms with Gasteiger partial charge in [-0.25, -0.2) is 9.88 Å². The van der Waals surface area contributed by atoms with E-state index in [2.05, 4.69) is 20.9 Å². The molecule has 0 saturated carbocycles. The molecule has 2 aromatic carbocycles. The summed E-state index contributed by atoms with van der Waals surface area (Å²) in [6.45, 7) is 3.94. The van der Waals surface area contributed by atoms with E-state index in [0.717, 1.165) is 16.0 Å². The van der Waals surface area contributed by atoms with E-state index in [1.165, 1.54) is 11.3 Å². The van der Waals surface area contributed by atoms with Crippen molar-refractivity contribution in [2.45, 2.75) is 19.4 Å². The molecule has 3 aromatic rings. The zero-order chi connectivity index (χ0) is 21.9. The summed E-state index contributed by atoms with van der Waals surface area (Å²) in [5.41, 5.74) is 2.44. The first-order valence-electron chi connectivity index (χ1n) is 9.54. The lowest BCUT2D eigenvalue weighted by Crippen LogP contribution is -2.29. The molecular weight excluding hydrogens is 480 g/mol. The van der Waals surface area contributed by atoms with Gasteiger partial charge in [0.15, 0.2) is 0 Å². The minimum absolute atomic E-state index is 0.309. The van der Waals surface area contributed by atoms with Crippen molar-refractivity contribution in [3.63, 3.8) is 0 Å². The van der Waals surface area contributed by atoms with E-state index in [1.807, 2.05) is 38.1 Å². The molecule has 2 aliphatic rings. The highest BCUT2D eigenvalue weighted by atomic mass is 79.9. The Morgan fingerprint density at radius 1 is 1.06 bits per heavy atom. The van der Waals surface area contributed by atoms with Gasteiger partial charge in [-0.1, -0.05) is 23.5 Å². The number of carbonyl (C=O) groups is 2. The number of halogens is 1. The smallest absolute Gasteiger partial charge is 0.268 e. The molecule has 8 heteroatoms. The van der Waals surface area contributed by atoms with Crippen LogP contribution < -0.4 is 14.4 Å². The van der Waals surface area contributed by atoms with Crippen molar-refractivity contribution < 1.29 is 19.1 Å². The minimum atomic E-state index is -0.498. The lowest BCUT2D eigenvalue weighted by molar-refractivity contribution is 0.0926. The maximum absolute atomic E-state index is 12.9. The summed E-state index contributed by atoms with van der Waals surface area (Å²) >= 11 is 4.80. The van der Waals surface area contributed by atoms with Crippen molar-refractivity contribution in [1.82, 2.24) is 4.98 Å². The van der Waals surface area contributed by atoms with Crippen molar-refractivity contribution in [3.8, 4) is 22.8 Å². The number of hydrogen-bond donors (Lipinski definition) is 0. The van der Waals surface area contributed by atoms with E-state index >= 15 is 0 Å². The normalized spacial score (nSPS) is 16.2. The number of methoxy groups -OCH3 is 1. The van der Waals surface area contributed by atoms with Crippen LogP contribution in [0.15, 0.2) is 46.3 Å². The molecule has 0 atom stereocenters. The fourth-order valence-corrected chi connectivity index (χ4v) is 5.25. The van der Waals surface area contributed by atoms with E-state index in [0.29, 0.717) is 37.2 Å². The third-order valence-electron chi connectivity index (χ3n) is 5.21. The summed E-state index contributed by atoms with van der Waals surface area (Å²) in [5, 5.41) is 0.309. The first kappa shape index (κ1) is 20.0. The number of carbonyl (C=O) groups excluding carboxylic acids is 2.